The predicted octanol–water partition coefficient (Wildman–Crippen LogP) is 2.89. The van der Waals surface area contributed by atoms with E-state index < -0.39 is 10.4 Å². The van der Waals surface area contributed by atoms with Gasteiger partial charge in [-0.05, 0) is 25.0 Å². The van der Waals surface area contributed by atoms with E-state index in [9.17, 15) is 8.42 Å². The second-order valence-electron chi connectivity index (χ2n) is 2.92. The molecule has 4 nitrogen and oxygen atoms in total. The molecular weight excluding hydrogens is 216 g/mol. The number of rotatable bonds is 8. The molecule has 0 amide bonds. The van der Waals surface area contributed by atoms with Crippen molar-refractivity contribution in [3.63, 3.8) is 0 Å². The summed E-state index contributed by atoms with van der Waals surface area (Å²) in [6.45, 7) is 3.98. The largest absolute Gasteiger partial charge is 0.499 e. The van der Waals surface area contributed by atoms with E-state index in [4.69, 9.17) is 0 Å². The summed E-state index contributed by atoms with van der Waals surface area (Å²) in [6.07, 6.45) is 8.98. The van der Waals surface area contributed by atoms with Crippen molar-refractivity contribution in [2.24, 2.45) is 0 Å². The molecule has 0 aromatic rings. The van der Waals surface area contributed by atoms with Crippen molar-refractivity contribution >= 4 is 10.4 Å². The third-order valence-electron chi connectivity index (χ3n) is 1.45. The minimum Gasteiger partial charge on any atom is -0.361 e. The quantitative estimate of drug-likeness (QED) is 0.606. The first-order valence-corrected chi connectivity index (χ1v) is 6.37. The molecule has 0 bridgehead atoms. The smallest absolute Gasteiger partial charge is 0.361 e. The van der Waals surface area contributed by atoms with E-state index in [2.05, 4.69) is 8.37 Å². The third-order valence-corrected chi connectivity index (χ3v) is 2.14. The number of allylic oxidation sites excluding steroid dienone is 2. The van der Waals surface area contributed by atoms with Gasteiger partial charge in [-0.3, -0.25) is 0 Å². The fraction of sp³-hybridized carbons (Fsp3) is 0.600. The van der Waals surface area contributed by atoms with E-state index in [1.165, 1.54) is 0 Å². The first-order valence-electron chi connectivity index (χ1n) is 5.04. The van der Waals surface area contributed by atoms with Crippen molar-refractivity contribution in [1.82, 2.24) is 0 Å². The molecule has 0 fully saturated rings. The van der Waals surface area contributed by atoms with E-state index in [0.717, 1.165) is 38.2 Å². The average molecular weight is 234 g/mol. The second kappa shape index (κ2) is 8.35. The lowest BCUT2D eigenvalue weighted by molar-refractivity contribution is 0.334. The van der Waals surface area contributed by atoms with Gasteiger partial charge < -0.3 is 8.37 Å². The summed E-state index contributed by atoms with van der Waals surface area (Å²) in [7, 11) is -3.92. The third kappa shape index (κ3) is 9.34. The van der Waals surface area contributed by atoms with Gasteiger partial charge in [-0.2, -0.15) is 0 Å². The summed E-state index contributed by atoms with van der Waals surface area (Å²) >= 11 is 0. The summed E-state index contributed by atoms with van der Waals surface area (Å²) < 4.78 is 30.9. The normalized spacial score (nSPS) is 12.4. The van der Waals surface area contributed by atoms with Crippen LogP contribution in [0.5, 0.6) is 0 Å². The highest BCUT2D eigenvalue weighted by Gasteiger charge is 2.07. The molecule has 0 aliphatic heterocycles. The molecule has 0 atom stereocenters. The van der Waals surface area contributed by atoms with Gasteiger partial charge in [0.25, 0.3) is 0 Å². The summed E-state index contributed by atoms with van der Waals surface area (Å²) in [4.78, 5) is 0. The number of unbranched alkanes of at least 4 members (excludes halogenated alkanes) is 2. The maximum atomic E-state index is 11.0. The van der Waals surface area contributed by atoms with Crippen molar-refractivity contribution in [2.45, 2.75) is 39.5 Å². The monoisotopic (exact) mass is 234 g/mol. The van der Waals surface area contributed by atoms with E-state index in [1.807, 2.05) is 13.8 Å². The van der Waals surface area contributed by atoms with Gasteiger partial charge in [-0.15, -0.1) is 8.42 Å². The molecule has 5 heteroatoms. The van der Waals surface area contributed by atoms with Crippen molar-refractivity contribution in [3.8, 4) is 0 Å². The molecule has 15 heavy (non-hydrogen) atoms. The highest BCUT2D eigenvalue weighted by Crippen LogP contribution is 2.00. The summed E-state index contributed by atoms with van der Waals surface area (Å²) in [5.74, 6) is 0. The van der Waals surface area contributed by atoms with Crippen LogP contribution >= 0.6 is 0 Å². The molecule has 0 rings (SSSR count). The molecular formula is C10H18O4S. The van der Waals surface area contributed by atoms with Gasteiger partial charge in [0.15, 0.2) is 0 Å². The lowest BCUT2D eigenvalue weighted by Gasteiger charge is -1.99. The minimum atomic E-state index is -3.92. The Morgan fingerprint density at radius 1 is 0.933 bits per heavy atom. The van der Waals surface area contributed by atoms with Crippen LogP contribution in [-0.4, -0.2) is 8.42 Å². The first kappa shape index (κ1) is 14.0. The second-order valence-corrected chi connectivity index (χ2v) is 4.12. The van der Waals surface area contributed by atoms with Crippen LogP contribution in [0.4, 0.5) is 0 Å². The molecule has 0 aliphatic rings. The topological polar surface area (TPSA) is 52.6 Å². The molecule has 0 radical (unpaired) electrons. The number of hydrogen-bond donors (Lipinski definition) is 0. The van der Waals surface area contributed by atoms with Gasteiger partial charge in [0.05, 0.1) is 0 Å². The molecule has 0 aromatic carbocycles. The SMILES string of the molecule is CCCC=COS(=O)(=O)OC=CCCC. The van der Waals surface area contributed by atoms with Gasteiger partial charge in [-0.25, -0.2) is 0 Å². The Morgan fingerprint density at radius 3 is 1.67 bits per heavy atom. The van der Waals surface area contributed by atoms with Crippen LogP contribution < -0.4 is 0 Å². The van der Waals surface area contributed by atoms with Gasteiger partial charge >= 0.3 is 10.4 Å². The standard InChI is InChI=1S/C10H18O4S/c1-3-5-7-9-13-15(11,12)14-10-8-6-4-2/h7-10H,3-6H2,1-2H3. The number of hydrogen-bond acceptors (Lipinski definition) is 4. The van der Waals surface area contributed by atoms with Gasteiger partial charge in [-0.1, -0.05) is 26.7 Å². The highest BCUT2D eigenvalue weighted by molar-refractivity contribution is 7.82. The first-order chi connectivity index (χ1) is 7.12. The Kier molecular flexibility index (Phi) is 7.81. The fourth-order valence-electron chi connectivity index (χ4n) is 0.707. The average Bonchev–Trinajstić information content (AvgIpc) is 2.20. The van der Waals surface area contributed by atoms with Crippen LogP contribution in [0.3, 0.4) is 0 Å². The Bertz CT molecular complexity index is 267. The molecule has 0 N–H and O–H groups in total. The maximum absolute atomic E-state index is 11.0. The van der Waals surface area contributed by atoms with E-state index in [0.29, 0.717) is 0 Å². The molecule has 0 saturated carbocycles. The Hall–Kier alpha value is -0.970. The van der Waals surface area contributed by atoms with Crippen molar-refractivity contribution in [2.75, 3.05) is 0 Å². The van der Waals surface area contributed by atoms with E-state index in [1.54, 1.807) is 12.2 Å². The Balaban J connectivity index is 3.87. The Morgan fingerprint density at radius 2 is 1.33 bits per heavy atom. The summed E-state index contributed by atoms with van der Waals surface area (Å²) in [6, 6.07) is 0. The maximum Gasteiger partial charge on any atom is 0.499 e. The lowest BCUT2D eigenvalue weighted by Crippen LogP contribution is -2.02. The fourth-order valence-corrected chi connectivity index (χ4v) is 1.18. The van der Waals surface area contributed by atoms with Crippen LogP contribution in [-0.2, 0) is 18.8 Å². The molecule has 0 saturated heterocycles. The molecule has 0 aromatic heterocycles. The van der Waals surface area contributed by atoms with Crippen LogP contribution in [0.2, 0.25) is 0 Å². The molecule has 0 unspecified atom stereocenters. The van der Waals surface area contributed by atoms with Gasteiger partial charge in [0.2, 0.25) is 0 Å². The Labute approximate surface area is 91.9 Å². The van der Waals surface area contributed by atoms with E-state index >= 15 is 0 Å². The van der Waals surface area contributed by atoms with Crippen molar-refractivity contribution in [3.05, 3.63) is 24.7 Å². The molecule has 0 aliphatic carbocycles. The van der Waals surface area contributed by atoms with Gasteiger partial charge in [0, 0.05) is 0 Å². The zero-order chi connectivity index (χ0) is 11.6. The predicted molar refractivity (Wildman–Crippen MR) is 59.2 cm³/mol. The highest BCUT2D eigenvalue weighted by atomic mass is 32.3. The summed E-state index contributed by atoms with van der Waals surface area (Å²) in [5, 5.41) is 0. The van der Waals surface area contributed by atoms with E-state index in [-0.39, 0.29) is 0 Å². The molecule has 0 spiro atoms. The zero-order valence-electron chi connectivity index (χ0n) is 9.18. The van der Waals surface area contributed by atoms with Gasteiger partial charge in [0.1, 0.15) is 12.5 Å². The molecule has 88 valence electrons. The van der Waals surface area contributed by atoms with Crippen LogP contribution in [0.1, 0.15) is 39.5 Å². The van der Waals surface area contributed by atoms with Crippen molar-refractivity contribution < 1.29 is 16.8 Å². The lowest BCUT2D eigenvalue weighted by atomic mass is 10.3. The summed E-state index contributed by atoms with van der Waals surface area (Å²) in [5.41, 5.74) is 0. The van der Waals surface area contributed by atoms with Crippen molar-refractivity contribution in [1.29, 1.82) is 0 Å². The van der Waals surface area contributed by atoms with Crippen LogP contribution in [0.15, 0.2) is 24.7 Å². The molecule has 0 heterocycles. The minimum absolute atomic E-state index is 0.779. The zero-order valence-corrected chi connectivity index (χ0v) is 10.00. The van der Waals surface area contributed by atoms with Crippen LogP contribution in [0.25, 0.3) is 0 Å². The van der Waals surface area contributed by atoms with Crippen LogP contribution in [0, 0.1) is 0 Å².